The minimum atomic E-state index is -1.63. The predicted octanol–water partition coefficient (Wildman–Crippen LogP) is 4.72. The summed E-state index contributed by atoms with van der Waals surface area (Å²) in [4.78, 5) is 24.8. The Morgan fingerprint density at radius 1 is 1.30 bits per heavy atom. The van der Waals surface area contributed by atoms with Gasteiger partial charge in [-0.2, -0.15) is 0 Å². The van der Waals surface area contributed by atoms with Crippen LogP contribution >= 0.6 is 34.2 Å². The van der Waals surface area contributed by atoms with Gasteiger partial charge in [0.05, 0.1) is 11.1 Å². The highest BCUT2D eigenvalue weighted by atomic mass is 127. The van der Waals surface area contributed by atoms with Crippen LogP contribution in [0.3, 0.4) is 0 Å². The number of aromatic nitrogens is 1. The Morgan fingerprint density at radius 3 is 2.70 bits per heavy atom. The molecule has 1 aliphatic rings. The number of rotatable bonds is 5. The number of hydrogen-bond donors (Lipinski definition) is 2. The van der Waals surface area contributed by atoms with Crippen molar-refractivity contribution in [2.45, 2.75) is 41.6 Å². The molecule has 1 unspecified atom stereocenters. The molecule has 0 spiro atoms. The largest absolute Gasteiger partial charge is 0.371 e. The van der Waals surface area contributed by atoms with Crippen LogP contribution in [-0.2, 0) is 10.2 Å². The van der Waals surface area contributed by atoms with Crippen molar-refractivity contribution < 1.29 is 14.4 Å². The number of nitrogens with zero attached hydrogens (tertiary/aromatic N) is 1. The minimum absolute atomic E-state index is 0.258. The Hall–Kier alpha value is -1.97. The number of fused-ring (bicyclic) bond motifs is 1. The number of halogens is 2. The lowest BCUT2D eigenvalue weighted by Gasteiger charge is -2.45. The highest BCUT2D eigenvalue weighted by molar-refractivity contribution is 14.1. The van der Waals surface area contributed by atoms with Gasteiger partial charge in [0, 0.05) is 27.9 Å². The van der Waals surface area contributed by atoms with Gasteiger partial charge in [-0.15, -0.1) is 0 Å². The van der Waals surface area contributed by atoms with Gasteiger partial charge in [-0.1, -0.05) is 41.4 Å². The lowest BCUT2D eigenvalue weighted by atomic mass is 9.61. The average molecular weight is 539 g/mol. The van der Waals surface area contributed by atoms with Crippen molar-refractivity contribution in [2.75, 3.05) is 5.32 Å². The van der Waals surface area contributed by atoms with Crippen LogP contribution in [-0.4, -0.2) is 19.8 Å². The first kappa shape index (κ1) is 21.3. The van der Waals surface area contributed by atoms with Crippen molar-refractivity contribution in [1.82, 2.24) is 5.16 Å². The number of amides is 1. The van der Waals surface area contributed by atoms with Crippen LogP contribution in [0.4, 0.5) is 5.69 Å². The van der Waals surface area contributed by atoms with Gasteiger partial charge in [0.1, 0.15) is 0 Å². The molecule has 3 aromatic rings. The first-order valence-electron chi connectivity index (χ1n) is 9.60. The number of aliphatic hydroxyl groups is 1. The number of carbonyl (C=O) groups excluding carboxylic acids is 1. The Bertz CT molecular complexity index is 1190. The summed E-state index contributed by atoms with van der Waals surface area (Å²) in [5.41, 5.74) is 1.12. The summed E-state index contributed by atoms with van der Waals surface area (Å²) < 4.78 is 3.10. The van der Waals surface area contributed by atoms with E-state index in [9.17, 15) is 14.7 Å². The van der Waals surface area contributed by atoms with E-state index in [4.69, 9.17) is 16.1 Å². The summed E-state index contributed by atoms with van der Waals surface area (Å²) in [5, 5.41) is 19.2. The Kier molecular flexibility index (Phi) is 5.63. The third-order valence-corrected chi connectivity index (χ3v) is 7.03. The van der Waals surface area contributed by atoms with E-state index in [1.807, 2.05) is 24.3 Å². The molecule has 1 saturated carbocycles. The van der Waals surface area contributed by atoms with Gasteiger partial charge in [0.15, 0.2) is 3.61 Å². The first-order chi connectivity index (χ1) is 14.2. The smallest absolute Gasteiger partial charge is 0.366 e. The monoisotopic (exact) mass is 538 g/mol. The SMILES string of the molecule is Cc1noc(=O)c2ccc(NC(=O)C(O)(I)CC3(c4ccccc4Cl)CCC3)cc12. The van der Waals surface area contributed by atoms with Crippen LogP contribution in [0.15, 0.2) is 51.8 Å². The first-order valence-corrected chi connectivity index (χ1v) is 11.1. The zero-order valence-electron chi connectivity index (χ0n) is 16.2. The molecule has 1 amide bonds. The van der Waals surface area contributed by atoms with Crippen LogP contribution in [0.25, 0.3) is 10.8 Å². The maximum Gasteiger partial charge on any atom is 0.366 e. The number of aryl methyl sites for hydroxylation is 1. The third kappa shape index (κ3) is 3.86. The molecule has 1 aliphatic carbocycles. The molecule has 2 aromatic carbocycles. The molecule has 4 rings (SSSR count). The predicted molar refractivity (Wildman–Crippen MR) is 124 cm³/mol. The Balaban J connectivity index is 1.58. The second-order valence-electron chi connectivity index (χ2n) is 7.82. The number of hydrogen-bond acceptors (Lipinski definition) is 5. The fourth-order valence-corrected chi connectivity index (χ4v) is 5.30. The van der Waals surface area contributed by atoms with Crippen molar-refractivity contribution >= 4 is 56.6 Å². The Labute approximate surface area is 191 Å². The van der Waals surface area contributed by atoms with E-state index in [2.05, 4.69) is 10.5 Å². The highest BCUT2D eigenvalue weighted by Crippen LogP contribution is 2.52. The molecule has 1 heterocycles. The topological polar surface area (TPSA) is 92.4 Å². The van der Waals surface area contributed by atoms with Gasteiger partial charge in [0.25, 0.3) is 5.91 Å². The van der Waals surface area contributed by atoms with E-state index in [1.165, 1.54) is 0 Å². The van der Waals surface area contributed by atoms with Gasteiger partial charge in [-0.25, -0.2) is 4.79 Å². The van der Waals surface area contributed by atoms with Crippen molar-refractivity contribution in [1.29, 1.82) is 0 Å². The number of anilines is 1. The molecule has 0 radical (unpaired) electrons. The number of nitrogens with one attached hydrogen (secondary N) is 1. The second-order valence-corrected chi connectivity index (χ2v) is 10.0. The summed E-state index contributed by atoms with van der Waals surface area (Å²) in [6.45, 7) is 1.72. The molecule has 8 heteroatoms. The summed E-state index contributed by atoms with van der Waals surface area (Å²) in [7, 11) is 0. The molecule has 156 valence electrons. The van der Waals surface area contributed by atoms with Gasteiger partial charge in [0.2, 0.25) is 0 Å². The van der Waals surface area contributed by atoms with Gasteiger partial charge >= 0.3 is 5.63 Å². The molecule has 0 aliphatic heterocycles. The summed E-state index contributed by atoms with van der Waals surface area (Å²) >= 11 is 8.22. The van der Waals surface area contributed by atoms with Crippen LogP contribution in [0, 0.1) is 6.92 Å². The number of alkyl halides is 1. The maximum absolute atomic E-state index is 13.0. The van der Waals surface area contributed by atoms with E-state index in [0.29, 0.717) is 27.2 Å². The quantitative estimate of drug-likeness (QED) is 0.362. The highest BCUT2D eigenvalue weighted by Gasteiger charge is 2.48. The molecule has 0 bridgehead atoms. The van der Waals surface area contributed by atoms with E-state index in [-0.39, 0.29) is 11.8 Å². The van der Waals surface area contributed by atoms with E-state index >= 15 is 0 Å². The van der Waals surface area contributed by atoms with Gasteiger partial charge < -0.3 is 14.9 Å². The minimum Gasteiger partial charge on any atom is -0.371 e. The van der Waals surface area contributed by atoms with Gasteiger partial charge in [-0.3, -0.25) is 4.79 Å². The van der Waals surface area contributed by atoms with Crippen molar-refractivity contribution in [3.63, 3.8) is 0 Å². The molecular weight excluding hydrogens is 519 g/mol. The maximum atomic E-state index is 13.0. The molecule has 0 saturated heterocycles. The summed E-state index contributed by atoms with van der Waals surface area (Å²) in [5.74, 6) is -0.519. The van der Waals surface area contributed by atoms with Crippen LogP contribution in [0.5, 0.6) is 0 Å². The van der Waals surface area contributed by atoms with Crippen molar-refractivity contribution in [3.8, 4) is 0 Å². The fourth-order valence-electron chi connectivity index (χ4n) is 4.10. The third-order valence-electron chi connectivity index (χ3n) is 5.83. The molecule has 6 nitrogen and oxygen atoms in total. The molecule has 1 aromatic heterocycles. The van der Waals surface area contributed by atoms with E-state index in [1.54, 1.807) is 47.7 Å². The standard InChI is InChI=1S/C22H20ClIN2O4/c1-13-16-11-14(7-8-15(16)19(27)30-26-13)25-20(28)22(24,29)12-21(9-4-10-21)17-5-2-3-6-18(17)23/h2-3,5-8,11,29H,4,9-10,12H2,1H3,(H,25,28). The molecule has 1 fully saturated rings. The van der Waals surface area contributed by atoms with E-state index < -0.39 is 15.1 Å². The van der Waals surface area contributed by atoms with E-state index in [0.717, 1.165) is 24.8 Å². The number of carbonyl (C=O) groups is 1. The summed E-state index contributed by atoms with van der Waals surface area (Å²) in [6.07, 6.45) is 3.02. The molecule has 2 N–H and O–H groups in total. The van der Waals surface area contributed by atoms with Crippen molar-refractivity contribution in [3.05, 3.63) is 69.2 Å². The second kappa shape index (κ2) is 7.94. The molecule has 30 heavy (non-hydrogen) atoms. The van der Waals surface area contributed by atoms with Crippen molar-refractivity contribution in [2.24, 2.45) is 0 Å². The van der Waals surface area contributed by atoms with Gasteiger partial charge in [-0.05, 0) is 72.2 Å². The summed E-state index contributed by atoms with van der Waals surface area (Å²) in [6, 6.07) is 12.5. The van der Waals surface area contributed by atoms with Crippen LogP contribution in [0.1, 0.15) is 36.9 Å². The Morgan fingerprint density at radius 2 is 2.03 bits per heavy atom. The zero-order valence-corrected chi connectivity index (χ0v) is 19.2. The van der Waals surface area contributed by atoms with Crippen LogP contribution < -0.4 is 10.9 Å². The number of benzene rings is 2. The van der Waals surface area contributed by atoms with Crippen LogP contribution in [0.2, 0.25) is 5.02 Å². The lowest BCUT2D eigenvalue weighted by molar-refractivity contribution is -0.126. The average Bonchev–Trinajstić information content (AvgIpc) is 2.68. The lowest BCUT2D eigenvalue weighted by Crippen LogP contribution is -2.47. The fraction of sp³-hybridized carbons (Fsp3) is 0.318. The zero-order chi connectivity index (χ0) is 21.5. The normalized spacial score (nSPS) is 17.2. The molecular formula is C22H20ClIN2O4. The molecule has 1 atom stereocenters.